The highest BCUT2D eigenvalue weighted by molar-refractivity contribution is 5.54. The van der Waals surface area contributed by atoms with Gasteiger partial charge in [0.15, 0.2) is 0 Å². The Bertz CT molecular complexity index is 200. The van der Waals surface area contributed by atoms with E-state index in [1.807, 2.05) is 6.08 Å². The topological polar surface area (TPSA) is 40.9 Å². The molecular weight excluding hydrogens is 126 g/mol. The highest BCUT2D eigenvalue weighted by Crippen LogP contribution is 2.20. The highest BCUT2D eigenvalue weighted by Gasteiger charge is 2.12. The van der Waals surface area contributed by atoms with Crippen LogP contribution in [-0.4, -0.2) is 6.29 Å². The van der Waals surface area contributed by atoms with Crippen LogP contribution in [0.25, 0.3) is 0 Å². The number of hydrogen-bond donors (Lipinski definition) is 0. The van der Waals surface area contributed by atoms with E-state index in [9.17, 15) is 4.79 Å². The number of nitriles is 1. The van der Waals surface area contributed by atoms with Gasteiger partial charge in [0, 0.05) is 11.5 Å². The molecule has 1 atom stereocenters. The first-order chi connectivity index (χ1) is 4.86. The van der Waals surface area contributed by atoms with Crippen LogP contribution in [0.2, 0.25) is 0 Å². The molecule has 0 bridgehead atoms. The molecule has 52 valence electrons. The molecule has 0 saturated carbocycles. The van der Waals surface area contributed by atoms with E-state index in [1.54, 1.807) is 0 Å². The predicted octanol–water partition coefficient (Wildman–Crippen LogP) is 1.44. The normalized spacial score (nSPS) is 24.7. The maximum Gasteiger partial charge on any atom is 0.123 e. The van der Waals surface area contributed by atoms with Crippen LogP contribution in [0.1, 0.15) is 19.3 Å². The summed E-state index contributed by atoms with van der Waals surface area (Å²) in [6.07, 6.45) is 5.22. The molecule has 1 aliphatic carbocycles. The van der Waals surface area contributed by atoms with Gasteiger partial charge in [-0.15, -0.1) is 0 Å². The van der Waals surface area contributed by atoms with E-state index < -0.39 is 0 Å². The molecule has 0 heterocycles. The van der Waals surface area contributed by atoms with Crippen molar-refractivity contribution in [2.45, 2.75) is 19.3 Å². The van der Waals surface area contributed by atoms with Gasteiger partial charge in [0.2, 0.25) is 0 Å². The molecule has 0 spiro atoms. The fourth-order valence-electron chi connectivity index (χ4n) is 1.08. The summed E-state index contributed by atoms with van der Waals surface area (Å²) in [4.78, 5) is 10.2. The zero-order chi connectivity index (χ0) is 7.40. The third kappa shape index (κ3) is 1.44. The Labute approximate surface area is 60.2 Å². The summed E-state index contributed by atoms with van der Waals surface area (Å²) in [7, 11) is 0. The van der Waals surface area contributed by atoms with Gasteiger partial charge in [0.25, 0.3) is 0 Å². The van der Waals surface area contributed by atoms with Crippen molar-refractivity contribution >= 4 is 6.29 Å². The molecule has 0 aromatic heterocycles. The van der Waals surface area contributed by atoms with E-state index in [0.29, 0.717) is 0 Å². The van der Waals surface area contributed by atoms with E-state index in [4.69, 9.17) is 5.26 Å². The Morgan fingerprint density at radius 2 is 2.60 bits per heavy atom. The van der Waals surface area contributed by atoms with Gasteiger partial charge in [-0.1, -0.05) is 6.08 Å². The van der Waals surface area contributed by atoms with E-state index in [-0.39, 0.29) is 5.92 Å². The van der Waals surface area contributed by atoms with Crippen LogP contribution in [0.3, 0.4) is 0 Å². The zero-order valence-corrected chi connectivity index (χ0v) is 5.71. The lowest BCUT2D eigenvalue weighted by atomic mass is 9.91. The molecule has 1 unspecified atom stereocenters. The van der Waals surface area contributed by atoms with Crippen molar-refractivity contribution in [2.75, 3.05) is 0 Å². The summed E-state index contributed by atoms with van der Waals surface area (Å²) in [6.45, 7) is 0. The monoisotopic (exact) mass is 135 g/mol. The molecule has 0 amide bonds. The molecule has 0 aromatic rings. The Balaban J connectivity index is 2.53. The summed E-state index contributed by atoms with van der Waals surface area (Å²) in [5.41, 5.74) is 0.832. The van der Waals surface area contributed by atoms with Gasteiger partial charge in [-0.25, -0.2) is 0 Å². The number of carbonyl (C=O) groups excluding carboxylic acids is 1. The van der Waals surface area contributed by atoms with E-state index >= 15 is 0 Å². The lowest BCUT2D eigenvalue weighted by molar-refractivity contribution is -0.111. The molecule has 1 aliphatic rings. The minimum atomic E-state index is 0.164. The first-order valence-corrected chi connectivity index (χ1v) is 3.41. The van der Waals surface area contributed by atoms with Gasteiger partial charge in [0.1, 0.15) is 6.29 Å². The van der Waals surface area contributed by atoms with E-state index in [1.165, 1.54) is 0 Å². The van der Waals surface area contributed by atoms with Crippen molar-refractivity contribution in [1.82, 2.24) is 0 Å². The molecule has 1 rings (SSSR count). The molecular formula is C8H9NO. The number of allylic oxidation sites excluding steroid dienone is 2. The van der Waals surface area contributed by atoms with Crippen molar-refractivity contribution in [3.05, 3.63) is 11.6 Å². The maximum atomic E-state index is 10.2. The Morgan fingerprint density at radius 3 is 3.00 bits per heavy atom. The summed E-state index contributed by atoms with van der Waals surface area (Å²) >= 11 is 0. The van der Waals surface area contributed by atoms with E-state index in [0.717, 1.165) is 31.1 Å². The molecule has 10 heavy (non-hydrogen) atoms. The number of rotatable bonds is 1. The first-order valence-electron chi connectivity index (χ1n) is 3.41. The van der Waals surface area contributed by atoms with Crippen LogP contribution < -0.4 is 0 Å². The minimum absolute atomic E-state index is 0.164. The average Bonchev–Trinajstić information content (AvgIpc) is 2.05. The number of nitrogens with zero attached hydrogens (tertiary/aromatic N) is 1. The van der Waals surface area contributed by atoms with Gasteiger partial charge in [-0.3, -0.25) is 0 Å². The van der Waals surface area contributed by atoms with Crippen molar-refractivity contribution in [3.63, 3.8) is 0 Å². The van der Waals surface area contributed by atoms with Gasteiger partial charge < -0.3 is 4.79 Å². The summed E-state index contributed by atoms with van der Waals surface area (Å²) < 4.78 is 0. The second-order valence-electron chi connectivity index (χ2n) is 2.51. The SMILES string of the molecule is N#CC1=CCC(C=O)CC1. The Morgan fingerprint density at radius 1 is 1.80 bits per heavy atom. The van der Waals surface area contributed by atoms with Crippen LogP contribution in [0.4, 0.5) is 0 Å². The summed E-state index contributed by atoms with van der Waals surface area (Å²) in [5.74, 6) is 0.164. The lowest BCUT2D eigenvalue weighted by Crippen LogP contribution is -2.05. The van der Waals surface area contributed by atoms with Crippen molar-refractivity contribution in [2.24, 2.45) is 5.92 Å². The predicted molar refractivity (Wildman–Crippen MR) is 37.1 cm³/mol. The van der Waals surface area contributed by atoms with E-state index in [2.05, 4.69) is 6.07 Å². The lowest BCUT2D eigenvalue weighted by Gasteiger charge is -2.11. The fourth-order valence-corrected chi connectivity index (χ4v) is 1.08. The number of carbonyl (C=O) groups is 1. The van der Waals surface area contributed by atoms with Gasteiger partial charge in [0.05, 0.1) is 6.07 Å². The van der Waals surface area contributed by atoms with Crippen LogP contribution in [0.15, 0.2) is 11.6 Å². The molecule has 0 fully saturated rings. The molecule has 0 aromatic carbocycles. The smallest absolute Gasteiger partial charge is 0.123 e. The first kappa shape index (κ1) is 7.01. The van der Waals surface area contributed by atoms with Crippen LogP contribution in [0.5, 0.6) is 0 Å². The largest absolute Gasteiger partial charge is 0.303 e. The zero-order valence-electron chi connectivity index (χ0n) is 5.71. The Hall–Kier alpha value is -1.10. The molecule has 0 radical (unpaired) electrons. The number of aldehydes is 1. The second kappa shape index (κ2) is 3.17. The fraction of sp³-hybridized carbons (Fsp3) is 0.500. The van der Waals surface area contributed by atoms with Crippen molar-refractivity contribution in [3.8, 4) is 6.07 Å². The van der Waals surface area contributed by atoms with Crippen LogP contribution >= 0.6 is 0 Å². The molecule has 2 nitrogen and oxygen atoms in total. The summed E-state index contributed by atoms with van der Waals surface area (Å²) in [6, 6.07) is 2.09. The van der Waals surface area contributed by atoms with Crippen LogP contribution in [0, 0.1) is 17.2 Å². The second-order valence-corrected chi connectivity index (χ2v) is 2.51. The van der Waals surface area contributed by atoms with Crippen LogP contribution in [-0.2, 0) is 4.79 Å². The van der Waals surface area contributed by atoms with Crippen molar-refractivity contribution in [1.29, 1.82) is 5.26 Å². The standard InChI is InChI=1S/C8H9NO/c9-5-7-1-3-8(6-10)4-2-7/h1,6,8H,2-4H2. The van der Waals surface area contributed by atoms with Crippen molar-refractivity contribution < 1.29 is 4.79 Å². The third-order valence-electron chi connectivity index (χ3n) is 1.79. The summed E-state index contributed by atoms with van der Waals surface area (Å²) in [5, 5.41) is 8.44. The quantitative estimate of drug-likeness (QED) is 0.510. The van der Waals surface area contributed by atoms with Gasteiger partial charge in [-0.05, 0) is 19.3 Å². The molecule has 0 aliphatic heterocycles. The molecule has 0 N–H and O–H groups in total. The highest BCUT2D eigenvalue weighted by atomic mass is 16.1. The molecule has 2 heteroatoms. The van der Waals surface area contributed by atoms with Gasteiger partial charge in [-0.2, -0.15) is 5.26 Å². The number of hydrogen-bond acceptors (Lipinski definition) is 2. The van der Waals surface area contributed by atoms with Gasteiger partial charge >= 0.3 is 0 Å². The third-order valence-corrected chi connectivity index (χ3v) is 1.79. The Kier molecular flexibility index (Phi) is 2.22. The minimum Gasteiger partial charge on any atom is -0.303 e. The average molecular weight is 135 g/mol. The maximum absolute atomic E-state index is 10.2. The molecule has 0 saturated heterocycles.